The van der Waals surface area contributed by atoms with Crippen molar-refractivity contribution in [3.63, 3.8) is 0 Å². The van der Waals surface area contributed by atoms with E-state index in [4.69, 9.17) is 9.97 Å². The predicted octanol–water partition coefficient (Wildman–Crippen LogP) is 0.608. The number of para-hydroxylation sites is 1. The first-order valence-electron chi connectivity index (χ1n) is 8.14. The van der Waals surface area contributed by atoms with Gasteiger partial charge in [-0.3, -0.25) is 4.21 Å². The molecule has 4 rings (SSSR count). The van der Waals surface area contributed by atoms with Crippen LogP contribution < -0.4 is 15.1 Å². The third-order valence-corrected chi connectivity index (χ3v) is 5.72. The van der Waals surface area contributed by atoms with Crippen LogP contribution in [0.1, 0.15) is 0 Å². The van der Waals surface area contributed by atoms with Crippen molar-refractivity contribution in [3.8, 4) is 0 Å². The molecule has 2 aliphatic heterocycles. The van der Waals surface area contributed by atoms with E-state index in [0.29, 0.717) is 0 Å². The minimum atomic E-state index is -0.682. The first-order valence-corrected chi connectivity index (χ1v) is 9.62. The Morgan fingerprint density at radius 2 is 1.70 bits per heavy atom. The number of nitrogens with zero attached hydrogens (tertiary/aromatic N) is 4. The summed E-state index contributed by atoms with van der Waals surface area (Å²) in [6.45, 7) is 5.40. The molecule has 0 amide bonds. The fourth-order valence-electron chi connectivity index (χ4n) is 3.14. The highest BCUT2D eigenvalue weighted by molar-refractivity contribution is 7.85. The number of hydrogen-bond acceptors (Lipinski definition) is 6. The van der Waals surface area contributed by atoms with Crippen molar-refractivity contribution in [3.05, 3.63) is 24.3 Å². The van der Waals surface area contributed by atoms with Crippen LogP contribution >= 0.6 is 0 Å². The first-order chi connectivity index (χ1) is 11.3. The zero-order valence-corrected chi connectivity index (χ0v) is 13.9. The number of hydrogen-bond donors (Lipinski definition) is 1. The second-order valence-electron chi connectivity index (χ2n) is 5.94. The maximum atomic E-state index is 11.7. The van der Waals surface area contributed by atoms with Crippen LogP contribution in [0.5, 0.6) is 0 Å². The van der Waals surface area contributed by atoms with Crippen molar-refractivity contribution in [2.24, 2.45) is 0 Å². The molecule has 0 unspecified atom stereocenters. The largest absolute Gasteiger partial charge is 0.354 e. The fourth-order valence-corrected chi connectivity index (χ4v) is 4.20. The Hall–Kier alpha value is -1.73. The van der Waals surface area contributed by atoms with Crippen molar-refractivity contribution < 1.29 is 4.21 Å². The minimum Gasteiger partial charge on any atom is -0.354 e. The molecule has 23 heavy (non-hydrogen) atoms. The van der Waals surface area contributed by atoms with Gasteiger partial charge in [0.1, 0.15) is 5.82 Å². The average molecular weight is 331 g/mol. The van der Waals surface area contributed by atoms with Crippen LogP contribution in [0.15, 0.2) is 24.3 Å². The van der Waals surface area contributed by atoms with Gasteiger partial charge in [-0.25, -0.2) is 4.98 Å². The van der Waals surface area contributed by atoms with Crippen molar-refractivity contribution in [2.45, 2.75) is 0 Å². The van der Waals surface area contributed by atoms with Crippen molar-refractivity contribution in [1.29, 1.82) is 0 Å². The summed E-state index contributed by atoms with van der Waals surface area (Å²) >= 11 is 0. The van der Waals surface area contributed by atoms with Crippen LogP contribution in [0.4, 0.5) is 11.8 Å². The number of nitrogens with one attached hydrogen (secondary N) is 1. The molecule has 2 saturated heterocycles. The monoisotopic (exact) mass is 331 g/mol. The Kier molecular flexibility index (Phi) is 4.13. The number of rotatable bonds is 2. The van der Waals surface area contributed by atoms with E-state index >= 15 is 0 Å². The molecule has 0 spiro atoms. The molecule has 0 radical (unpaired) electrons. The van der Waals surface area contributed by atoms with Gasteiger partial charge >= 0.3 is 0 Å². The topological polar surface area (TPSA) is 61.4 Å². The highest BCUT2D eigenvalue weighted by Crippen LogP contribution is 2.27. The molecule has 2 aromatic rings. The summed E-state index contributed by atoms with van der Waals surface area (Å²) in [5, 5.41) is 4.45. The van der Waals surface area contributed by atoms with Gasteiger partial charge in [-0.05, 0) is 12.1 Å². The van der Waals surface area contributed by atoms with E-state index < -0.39 is 10.8 Å². The predicted molar refractivity (Wildman–Crippen MR) is 94.7 cm³/mol. The number of piperazine rings is 1. The molecule has 1 N–H and O–H groups in total. The summed E-state index contributed by atoms with van der Waals surface area (Å²) < 4.78 is 11.7. The Morgan fingerprint density at radius 3 is 2.48 bits per heavy atom. The second kappa shape index (κ2) is 6.41. The smallest absolute Gasteiger partial charge is 0.227 e. The number of anilines is 2. The van der Waals surface area contributed by atoms with E-state index in [1.54, 1.807) is 0 Å². The molecule has 2 aliphatic rings. The van der Waals surface area contributed by atoms with Gasteiger partial charge in [0.25, 0.3) is 0 Å². The van der Waals surface area contributed by atoms with Crippen LogP contribution in [0.25, 0.3) is 10.9 Å². The molecule has 122 valence electrons. The molecule has 0 aliphatic carbocycles. The summed E-state index contributed by atoms with van der Waals surface area (Å²) in [7, 11) is -0.682. The molecule has 0 bridgehead atoms. The molecule has 2 fully saturated rings. The van der Waals surface area contributed by atoms with E-state index in [-0.39, 0.29) is 0 Å². The lowest BCUT2D eigenvalue weighted by Gasteiger charge is -2.31. The lowest BCUT2D eigenvalue weighted by atomic mass is 10.2. The fraction of sp³-hybridized carbons (Fsp3) is 0.500. The van der Waals surface area contributed by atoms with Crippen LogP contribution in [0.3, 0.4) is 0 Å². The summed E-state index contributed by atoms with van der Waals surface area (Å²) in [6.07, 6.45) is 0. The third kappa shape index (κ3) is 3.03. The average Bonchev–Trinajstić information content (AvgIpc) is 2.62. The van der Waals surface area contributed by atoms with Crippen LogP contribution in [-0.4, -0.2) is 65.0 Å². The maximum absolute atomic E-state index is 11.7. The van der Waals surface area contributed by atoms with Crippen molar-refractivity contribution in [1.82, 2.24) is 15.3 Å². The molecule has 3 heterocycles. The van der Waals surface area contributed by atoms with Gasteiger partial charge < -0.3 is 15.1 Å². The first kappa shape index (κ1) is 14.8. The lowest BCUT2D eigenvalue weighted by Crippen LogP contribution is -2.44. The molecular weight excluding hydrogens is 310 g/mol. The Morgan fingerprint density at radius 1 is 0.957 bits per heavy atom. The lowest BCUT2D eigenvalue weighted by molar-refractivity contribution is 0.580. The molecule has 1 aromatic carbocycles. The van der Waals surface area contributed by atoms with Gasteiger partial charge in [-0.2, -0.15) is 4.98 Å². The number of fused-ring (bicyclic) bond motifs is 1. The Balaban J connectivity index is 1.75. The maximum Gasteiger partial charge on any atom is 0.227 e. The van der Waals surface area contributed by atoms with Crippen molar-refractivity contribution >= 4 is 33.5 Å². The van der Waals surface area contributed by atoms with E-state index in [9.17, 15) is 4.21 Å². The Bertz CT molecular complexity index is 721. The number of aromatic nitrogens is 2. The zero-order chi connectivity index (χ0) is 15.6. The van der Waals surface area contributed by atoms with E-state index in [0.717, 1.165) is 73.4 Å². The van der Waals surface area contributed by atoms with Gasteiger partial charge in [-0.15, -0.1) is 0 Å². The molecule has 1 aromatic heterocycles. The van der Waals surface area contributed by atoms with Gasteiger partial charge in [0.05, 0.1) is 5.52 Å². The summed E-state index contributed by atoms with van der Waals surface area (Å²) in [5.74, 6) is 3.25. The number of benzene rings is 1. The minimum absolute atomic E-state index is 0.682. The van der Waals surface area contributed by atoms with Gasteiger partial charge in [-0.1, -0.05) is 12.1 Å². The highest BCUT2D eigenvalue weighted by atomic mass is 32.2. The molecule has 6 nitrogen and oxygen atoms in total. The van der Waals surface area contributed by atoms with Crippen LogP contribution in [0, 0.1) is 0 Å². The summed E-state index contributed by atoms with van der Waals surface area (Å²) in [6, 6.07) is 8.18. The standard InChI is InChI=1S/C16H21N5OS/c22-23-11-9-20(10-12-23)15-13-3-1-2-4-14(13)18-16(19-15)21-7-5-17-6-8-21/h1-4,17H,5-12H2. The molecule has 0 saturated carbocycles. The van der Waals surface area contributed by atoms with E-state index in [2.05, 4.69) is 21.2 Å². The van der Waals surface area contributed by atoms with Gasteiger partial charge in [0.15, 0.2) is 0 Å². The van der Waals surface area contributed by atoms with Gasteiger partial charge in [0.2, 0.25) is 5.95 Å². The SMILES string of the molecule is O=S1CCN(c2nc(N3CCNCC3)nc3ccccc23)CC1. The normalized spacial score (nSPS) is 20.2. The van der Waals surface area contributed by atoms with E-state index in [1.807, 2.05) is 18.2 Å². The highest BCUT2D eigenvalue weighted by Gasteiger charge is 2.22. The second-order valence-corrected chi connectivity index (χ2v) is 7.63. The van der Waals surface area contributed by atoms with Crippen LogP contribution in [0.2, 0.25) is 0 Å². The molecular formula is C16H21N5OS. The molecule has 0 atom stereocenters. The Labute approximate surface area is 138 Å². The van der Waals surface area contributed by atoms with Crippen molar-refractivity contribution in [2.75, 3.05) is 60.6 Å². The van der Waals surface area contributed by atoms with Gasteiger partial charge in [0, 0.05) is 67.0 Å². The third-order valence-electron chi connectivity index (χ3n) is 4.45. The summed E-state index contributed by atoms with van der Waals surface area (Å²) in [4.78, 5) is 14.2. The zero-order valence-electron chi connectivity index (χ0n) is 13.1. The molecule has 7 heteroatoms. The summed E-state index contributed by atoms with van der Waals surface area (Å²) in [5.41, 5.74) is 0.984. The quantitative estimate of drug-likeness (QED) is 0.870. The van der Waals surface area contributed by atoms with Crippen LogP contribution in [-0.2, 0) is 10.8 Å². The van der Waals surface area contributed by atoms with E-state index in [1.165, 1.54) is 0 Å².